The minimum atomic E-state index is -0.449. The van der Waals surface area contributed by atoms with Crippen molar-refractivity contribution < 1.29 is 18.3 Å². The molecule has 2 aromatic heterocycles. The molecule has 0 saturated carbocycles. The minimum absolute atomic E-state index is 0.151. The third kappa shape index (κ3) is 4.42. The zero-order chi connectivity index (χ0) is 21.9. The number of morpholine rings is 1. The van der Waals surface area contributed by atoms with Gasteiger partial charge in [0.1, 0.15) is 18.2 Å². The summed E-state index contributed by atoms with van der Waals surface area (Å²) in [5.74, 6) is 0.517. The van der Waals surface area contributed by atoms with Gasteiger partial charge in [0.2, 0.25) is 5.89 Å². The monoisotopic (exact) mass is 434 g/mol. The Labute approximate surface area is 184 Å². The fraction of sp³-hybridized carbons (Fsp3) is 0.250. The van der Waals surface area contributed by atoms with Crippen molar-refractivity contribution in [1.82, 2.24) is 14.9 Å². The predicted octanol–water partition coefficient (Wildman–Crippen LogP) is 3.99. The van der Waals surface area contributed by atoms with Gasteiger partial charge < -0.3 is 19.6 Å². The van der Waals surface area contributed by atoms with Crippen molar-refractivity contribution in [3.8, 4) is 28.3 Å². The van der Waals surface area contributed by atoms with E-state index in [2.05, 4.69) is 14.9 Å². The van der Waals surface area contributed by atoms with Gasteiger partial charge in [-0.25, -0.2) is 9.37 Å². The number of hydrogen-bond donors (Lipinski definition) is 1. The van der Waals surface area contributed by atoms with E-state index in [-0.39, 0.29) is 11.5 Å². The van der Waals surface area contributed by atoms with Crippen LogP contribution in [0.25, 0.3) is 33.8 Å². The van der Waals surface area contributed by atoms with Crippen molar-refractivity contribution in [2.24, 2.45) is 0 Å². The number of nitrogen functional groups attached to an aromatic ring is 1. The van der Waals surface area contributed by atoms with Crippen molar-refractivity contribution in [3.63, 3.8) is 0 Å². The number of oxazole rings is 1. The number of anilines is 1. The van der Waals surface area contributed by atoms with Crippen molar-refractivity contribution in [3.05, 3.63) is 60.5 Å². The average molecular weight is 434 g/mol. The van der Waals surface area contributed by atoms with Crippen LogP contribution in [0.15, 0.2) is 59.1 Å². The molecule has 0 bridgehead atoms. The van der Waals surface area contributed by atoms with Crippen LogP contribution in [-0.2, 0) is 4.74 Å². The number of hydrogen-bond acceptors (Lipinski definition) is 7. The van der Waals surface area contributed by atoms with Crippen LogP contribution in [0.2, 0.25) is 0 Å². The highest BCUT2D eigenvalue weighted by atomic mass is 19.1. The lowest BCUT2D eigenvalue weighted by molar-refractivity contribution is 0.0322. The Hall–Kier alpha value is -3.49. The summed E-state index contributed by atoms with van der Waals surface area (Å²) in [5.41, 5.74) is 9.14. The molecule has 5 rings (SSSR count). The lowest BCUT2D eigenvalue weighted by Gasteiger charge is -2.26. The van der Waals surface area contributed by atoms with E-state index in [9.17, 15) is 4.39 Å². The first kappa shape index (κ1) is 20.4. The normalized spacial score (nSPS) is 14.7. The molecule has 3 heterocycles. The SMILES string of the molecule is Nc1ccc(F)c(-c2nc3ncc(-c4ccc(OCCN5CCOCC5)cc4)cc3o2)c1. The summed E-state index contributed by atoms with van der Waals surface area (Å²) in [4.78, 5) is 11.0. The van der Waals surface area contributed by atoms with Crippen LogP contribution in [0.4, 0.5) is 10.1 Å². The maximum atomic E-state index is 14.2. The van der Waals surface area contributed by atoms with Gasteiger partial charge in [-0.3, -0.25) is 4.90 Å². The molecular weight excluding hydrogens is 411 g/mol. The van der Waals surface area contributed by atoms with Gasteiger partial charge in [-0.15, -0.1) is 0 Å². The molecule has 32 heavy (non-hydrogen) atoms. The molecule has 1 aliphatic rings. The molecule has 1 fully saturated rings. The molecule has 0 spiro atoms. The summed E-state index contributed by atoms with van der Waals surface area (Å²) in [7, 11) is 0. The molecule has 8 heteroatoms. The Morgan fingerprint density at radius 2 is 1.84 bits per heavy atom. The molecule has 1 saturated heterocycles. The molecule has 0 aliphatic carbocycles. The number of fused-ring (bicyclic) bond motifs is 1. The summed E-state index contributed by atoms with van der Waals surface area (Å²) in [6.07, 6.45) is 1.72. The maximum Gasteiger partial charge on any atom is 0.231 e. The Bertz CT molecular complexity index is 1220. The van der Waals surface area contributed by atoms with Gasteiger partial charge in [0.25, 0.3) is 0 Å². The van der Waals surface area contributed by atoms with Crippen LogP contribution < -0.4 is 10.5 Å². The Morgan fingerprint density at radius 1 is 1.03 bits per heavy atom. The topological polar surface area (TPSA) is 86.6 Å². The summed E-state index contributed by atoms with van der Waals surface area (Å²) < 4.78 is 31.2. The lowest BCUT2D eigenvalue weighted by atomic mass is 10.1. The number of halogens is 1. The number of nitrogens with zero attached hydrogens (tertiary/aromatic N) is 3. The minimum Gasteiger partial charge on any atom is -0.492 e. The summed E-state index contributed by atoms with van der Waals surface area (Å²) in [5, 5.41) is 0. The van der Waals surface area contributed by atoms with E-state index in [0.717, 1.165) is 49.7 Å². The van der Waals surface area contributed by atoms with Gasteiger partial charge in [0.05, 0.1) is 18.8 Å². The van der Waals surface area contributed by atoms with E-state index in [4.69, 9.17) is 19.6 Å². The quantitative estimate of drug-likeness (QED) is 0.459. The van der Waals surface area contributed by atoms with Crippen LogP contribution in [0.5, 0.6) is 5.75 Å². The molecule has 1 aliphatic heterocycles. The van der Waals surface area contributed by atoms with Crippen molar-refractivity contribution in [2.75, 3.05) is 45.2 Å². The van der Waals surface area contributed by atoms with Crippen LogP contribution in [0, 0.1) is 5.82 Å². The van der Waals surface area contributed by atoms with Crippen molar-refractivity contribution in [2.45, 2.75) is 0 Å². The van der Waals surface area contributed by atoms with Gasteiger partial charge >= 0.3 is 0 Å². The van der Waals surface area contributed by atoms with Crippen LogP contribution in [0.3, 0.4) is 0 Å². The molecular formula is C24H23FN4O3. The first-order valence-corrected chi connectivity index (χ1v) is 10.5. The van der Waals surface area contributed by atoms with E-state index in [1.807, 2.05) is 30.3 Å². The fourth-order valence-corrected chi connectivity index (χ4v) is 3.66. The summed E-state index contributed by atoms with van der Waals surface area (Å²) >= 11 is 0. The van der Waals surface area contributed by atoms with Crippen LogP contribution in [0.1, 0.15) is 0 Å². The molecule has 0 unspecified atom stereocenters. The van der Waals surface area contributed by atoms with E-state index >= 15 is 0 Å². The van der Waals surface area contributed by atoms with Crippen molar-refractivity contribution in [1.29, 1.82) is 0 Å². The molecule has 0 radical (unpaired) electrons. The second kappa shape index (κ2) is 8.94. The predicted molar refractivity (Wildman–Crippen MR) is 120 cm³/mol. The molecule has 2 aromatic carbocycles. The van der Waals surface area contributed by atoms with E-state index in [0.29, 0.717) is 23.5 Å². The van der Waals surface area contributed by atoms with Crippen LogP contribution in [-0.4, -0.2) is 54.3 Å². The highest BCUT2D eigenvalue weighted by Gasteiger charge is 2.15. The standard InChI is InChI=1S/C24H23FN4O3/c25-21-6-3-18(26)14-20(21)24-28-23-22(32-24)13-17(15-27-23)16-1-4-19(5-2-16)31-12-9-29-7-10-30-11-8-29/h1-6,13-15H,7-12,26H2. The summed E-state index contributed by atoms with van der Waals surface area (Å²) in [6.45, 7) is 4.99. The summed E-state index contributed by atoms with van der Waals surface area (Å²) in [6, 6.07) is 14.0. The van der Waals surface area contributed by atoms with Gasteiger partial charge in [-0.2, -0.15) is 4.98 Å². The Balaban J connectivity index is 1.29. The number of nitrogens with two attached hydrogens (primary N) is 1. The molecule has 164 valence electrons. The van der Waals surface area contributed by atoms with E-state index < -0.39 is 5.82 Å². The maximum absolute atomic E-state index is 14.2. The average Bonchev–Trinajstić information content (AvgIpc) is 3.25. The largest absolute Gasteiger partial charge is 0.492 e. The van der Waals surface area contributed by atoms with Crippen molar-refractivity contribution >= 4 is 16.9 Å². The molecule has 2 N–H and O–H groups in total. The third-order valence-corrected chi connectivity index (χ3v) is 5.44. The number of ether oxygens (including phenoxy) is 2. The first-order valence-electron chi connectivity index (χ1n) is 10.5. The zero-order valence-corrected chi connectivity index (χ0v) is 17.5. The zero-order valence-electron chi connectivity index (χ0n) is 17.5. The third-order valence-electron chi connectivity index (χ3n) is 5.44. The second-order valence-electron chi connectivity index (χ2n) is 7.63. The first-order chi connectivity index (χ1) is 15.7. The number of aromatic nitrogens is 2. The molecule has 7 nitrogen and oxygen atoms in total. The molecule has 0 atom stereocenters. The van der Waals surface area contributed by atoms with Gasteiger partial charge in [0.15, 0.2) is 11.2 Å². The number of rotatable bonds is 6. The second-order valence-corrected chi connectivity index (χ2v) is 7.63. The van der Waals surface area contributed by atoms with Gasteiger partial charge in [-0.05, 0) is 42.0 Å². The number of pyridine rings is 1. The Morgan fingerprint density at radius 3 is 2.66 bits per heavy atom. The van der Waals surface area contributed by atoms with Crippen LogP contribution >= 0.6 is 0 Å². The highest BCUT2D eigenvalue weighted by Crippen LogP contribution is 2.30. The fourth-order valence-electron chi connectivity index (χ4n) is 3.66. The number of benzene rings is 2. The lowest BCUT2D eigenvalue weighted by Crippen LogP contribution is -2.38. The van der Waals surface area contributed by atoms with E-state index in [1.165, 1.54) is 18.2 Å². The Kier molecular flexibility index (Phi) is 5.70. The molecule has 4 aromatic rings. The molecule has 0 amide bonds. The smallest absolute Gasteiger partial charge is 0.231 e. The highest BCUT2D eigenvalue weighted by molar-refractivity contribution is 5.79. The van der Waals surface area contributed by atoms with Gasteiger partial charge in [-0.1, -0.05) is 12.1 Å². The van der Waals surface area contributed by atoms with Gasteiger partial charge in [0, 0.05) is 37.1 Å². The van der Waals surface area contributed by atoms with E-state index in [1.54, 1.807) is 6.20 Å².